The van der Waals surface area contributed by atoms with Crippen LogP contribution in [0.5, 0.6) is 0 Å². The van der Waals surface area contributed by atoms with E-state index < -0.39 is 0 Å². The standard InChI is InChI=1S/C14H28N6/c1-7-20(11(4)9-19(5)6)13-8-12(18-15)16-14(17-13)10(2)3/h8,10-11H,7,9,15H2,1-6H3,(H,16,17,18). The van der Waals surface area contributed by atoms with Crippen molar-refractivity contribution in [3.63, 3.8) is 0 Å². The topological polar surface area (TPSA) is 70.3 Å². The summed E-state index contributed by atoms with van der Waals surface area (Å²) in [5, 5.41) is 0. The maximum atomic E-state index is 5.52. The molecule has 1 aromatic rings. The Hall–Kier alpha value is -1.40. The predicted octanol–water partition coefficient (Wildman–Crippen LogP) is 1.66. The van der Waals surface area contributed by atoms with Gasteiger partial charge in [-0.2, -0.15) is 0 Å². The molecule has 0 bridgehead atoms. The second kappa shape index (κ2) is 7.40. The van der Waals surface area contributed by atoms with Crippen LogP contribution in [0.3, 0.4) is 0 Å². The van der Waals surface area contributed by atoms with Crippen LogP contribution in [-0.4, -0.2) is 48.1 Å². The minimum absolute atomic E-state index is 0.268. The molecule has 3 N–H and O–H groups in total. The molecule has 6 nitrogen and oxygen atoms in total. The molecular weight excluding hydrogens is 252 g/mol. The van der Waals surface area contributed by atoms with Gasteiger partial charge in [0.25, 0.3) is 0 Å². The molecule has 1 atom stereocenters. The molecule has 0 spiro atoms. The van der Waals surface area contributed by atoms with E-state index in [2.05, 4.69) is 67.0 Å². The van der Waals surface area contributed by atoms with Gasteiger partial charge in [-0.3, -0.25) is 0 Å². The second-order valence-corrected chi connectivity index (χ2v) is 5.67. The van der Waals surface area contributed by atoms with Gasteiger partial charge >= 0.3 is 0 Å². The molecule has 0 aliphatic heterocycles. The Bertz CT molecular complexity index is 418. The number of hydrogen-bond donors (Lipinski definition) is 2. The van der Waals surface area contributed by atoms with Gasteiger partial charge in [0.1, 0.15) is 17.5 Å². The zero-order valence-corrected chi connectivity index (χ0v) is 13.5. The maximum Gasteiger partial charge on any atom is 0.145 e. The fourth-order valence-corrected chi connectivity index (χ4v) is 2.26. The van der Waals surface area contributed by atoms with Crippen molar-refractivity contribution in [2.24, 2.45) is 5.84 Å². The summed E-state index contributed by atoms with van der Waals surface area (Å²) < 4.78 is 0. The van der Waals surface area contributed by atoms with Crippen LogP contribution in [0.25, 0.3) is 0 Å². The van der Waals surface area contributed by atoms with Crippen molar-refractivity contribution >= 4 is 11.6 Å². The first-order valence-corrected chi connectivity index (χ1v) is 7.16. The number of nitrogens with one attached hydrogen (secondary N) is 1. The third kappa shape index (κ3) is 4.31. The molecule has 1 unspecified atom stereocenters. The lowest BCUT2D eigenvalue weighted by atomic mass is 10.2. The number of anilines is 2. The summed E-state index contributed by atoms with van der Waals surface area (Å²) in [6.45, 7) is 10.4. The van der Waals surface area contributed by atoms with E-state index in [9.17, 15) is 0 Å². The van der Waals surface area contributed by atoms with Crippen LogP contribution >= 0.6 is 0 Å². The quantitative estimate of drug-likeness (QED) is 0.585. The summed E-state index contributed by atoms with van der Waals surface area (Å²) in [5.41, 5.74) is 2.63. The van der Waals surface area contributed by atoms with Crippen molar-refractivity contribution in [2.45, 2.75) is 39.7 Å². The highest BCUT2D eigenvalue weighted by atomic mass is 15.3. The van der Waals surface area contributed by atoms with Crippen LogP contribution < -0.4 is 16.2 Å². The van der Waals surface area contributed by atoms with Gasteiger partial charge in [0.05, 0.1) is 0 Å². The van der Waals surface area contributed by atoms with Gasteiger partial charge in [0.2, 0.25) is 0 Å². The van der Waals surface area contributed by atoms with Crippen molar-refractivity contribution in [2.75, 3.05) is 37.5 Å². The third-order valence-corrected chi connectivity index (χ3v) is 3.19. The second-order valence-electron chi connectivity index (χ2n) is 5.67. The molecule has 0 fully saturated rings. The molecule has 0 aliphatic rings. The van der Waals surface area contributed by atoms with Crippen LogP contribution in [0.4, 0.5) is 11.6 Å². The number of aromatic nitrogens is 2. The molecular formula is C14H28N6. The molecule has 20 heavy (non-hydrogen) atoms. The van der Waals surface area contributed by atoms with Crippen LogP contribution in [0.15, 0.2) is 6.07 Å². The Morgan fingerprint density at radius 2 is 1.90 bits per heavy atom. The van der Waals surface area contributed by atoms with Gasteiger partial charge in [-0.1, -0.05) is 13.8 Å². The van der Waals surface area contributed by atoms with E-state index in [1.54, 1.807) is 0 Å². The highest BCUT2D eigenvalue weighted by Crippen LogP contribution is 2.21. The van der Waals surface area contributed by atoms with Gasteiger partial charge in [0, 0.05) is 31.1 Å². The van der Waals surface area contributed by atoms with Crippen molar-refractivity contribution in [1.29, 1.82) is 0 Å². The van der Waals surface area contributed by atoms with E-state index in [0.717, 1.165) is 24.7 Å². The number of hydrazine groups is 1. The normalized spacial score (nSPS) is 12.8. The molecule has 1 aromatic heterocycles. The number of nitrogens with two attached hydrogens (primary N) is 1. The maximum absolute atomic E-state index is 5.52. The van der Waals surface area contributed by atoms with E-state index in [-0.39, 0.29) is 5.92 Å². The molecule has 1 heterocycles. The number of rotatable bonds is 7. The van der Waals surface area contributed by atoms with Gasteiger partial charge in [-0.15, -0.1) is 0 Å². The molecule has 0 amide bonds. The number of hydrogen-bond acceptors (Lipinski definition) is 6. The molecule has 1 rings (SSSR count). The highest BCUT2D eigenvalue weighted by molar-refractivity contribution is 5.49. The smallest absolute Gasteiger partial charge is 0.145 e. The summed E-state index contributed by atoms with van der Waals surface area (Å²) in [5.74, 6) is 8.18. The summed E-state index contributed by atoms with van der Waals surface area (Å²) in [6, 6.07) is 2.28. The Labute approximate surface area is 122 Å². The molecule has 0 radical (unpaired) electrons. The zero-order valence-electron chi connectivity index (χ0n) is 13.5. The van der Waals surface area contributed by atoms with E-state index in [4.69, 9.17) is 5.84 Å². The SMILES string of the molecule is CCN(c1cc(NN)nc(C(C)C)n1)C(C)CN(C)C. The van der Waals surface area contributed by atoms with E-state index >= 15 is 0 Å². The minimum atomic E-state index is 0.268. The number of nitrogens with zero attached hydrogens (tertiary/aromatic N) is 4. The summed E-state index contributed by atoms with van der Waals surface area (Å²) in [4.78, 5) is 13.5. The Morgan fingerprint density at radius 1 is 1.25 bits per heavy atom. The molecule has 0 aromatic carbocycles. The van der Waals surface area contributed by atoms with Gasteiger partial charge < -0.3 is 15.2 Å². The van der Waals surface area contributed by atoms with E-state index in [1.165, 1.54) is 0 Å². The third-order valence-electron chi connectivity index (χ3n) is 3.19. The van der Waals surface area contributed by atoms with Crippen LogP contribution in [0.1, 0.15) is 39.4 Å². The monoisotopic (exact) mass is 280 g/mol. The molecule has 0 saturated heterocycles. The van der Waals surface area contributed by atoms with Crippen molar-refractivity contribution < 1.29 is 0 Å². The molecule has 6 heteroatoms. The van der Waals surface area contributed by atoms with Crippen molar-refractivity contribution in [3.8, 4) is 0 Å². The molecule has 0 saturated carbocycles. The average molecular weight is 280 g/mol. The lowest BCUT2D eigenvalue weighted by Gasteiger charge is -2.31. The van der Waals surface area contributed by atoms with Crippen molar-refractivity contribution in [1.82, 2.24) is 14.9 Å². The predicted molar refractivity (Wildman–Crippen MR) is 85.0 cm³/mol. The van der Waals surface area contributed by atoms with Crippen LogP contribution in [0, 0.1) is 0 Å². The molecule has 114 valence electrons. The van der Waals surface area contributed by atoms with E-state index in [1.807, 2.05) is 6.07 Å². The lowest BCUT2D eigenvalue weighted by molar-refractivity contribution is 0.372. The highest BCUT2D eigenvalue weighted by Gasteiger charge is 2.17. The zero-order chi connectivity index (χ0) is 15.3. The first kappa shape index (κ1) is 16.7. The fraction of sp³-hybridized carbons (Fsp3) is 0.714. The Morgan fingerprint density at radius 3 is 2.35 bits per heavy atom. The number of nitrogen functional groups attached to an aromatic ring is 1. The van der Waals surface area contributed by atoms with Gasteiger partial charge in [-0.05, 0) is 27.9 Å². The van der Waals surface area contributed by atoms with Crippen molar-refractivity contribution in [3.05, 3.63) is 11.9 Å². The first-order chi connectivity index (χ1) is 9.38. The van der Waals surface area contributed by atoms with E-state index in [0.29, 0.717) is 11.9 Å². The summed E-state index contributed by atoms with van der Waals surface area (Å²) in [7, 11) is 4.16. The Balaban J connectivity index is 3.10. The summed E-state index contributed by atoms with van der Waals surface area (Å²) in [6.07, 6.45) is 0. The first-order valence-electron chi connectivity index (χ1n) is 7.16. The average Bonchev–Trinajstić information content (AvgIpc) is 2.38. The minimum Gasteiger partial charge on any atom is -0.353 e. The largest absolute Gasteiger partial charge is 0.353 e. The van der Waals surface area contributed by atoms with Crippen LogP contribution in [0.2, 0.25) is 0 Å². The number of likely N-dealkylation sites (N-methyl/N-ethyl adjacent to an activating group) is 2. The molecule has 0 aliphatic carbocycles. The fourth-order valence-electron chi connectivity index (χ4n) is 2.26. The van der Waals surface area contributed by atoms with Crippen LogP contribution in [-0.2, 0) is 0 Å². The van der Waals surface area contributed by atoms with Gasteiger partial charge in [-0.25, -0.2) is 15.8 Å². The lowest BCUT2D eigenvalue weighted by Crippen LogP contribution is -2.40. The summed E-state index contributed by atoms with van der Waals surface area (Å²) >= 11 is 0. The Kier molecular flexibility index (Phi) is 6.16. The van der Waals surface area contributed by atoms with Gasteiger partial charge in [0.15, 0.2) is 0 Å².